The second-order valence-corrected chi connectivity index (χ2v) is 13.5. The predicted octanol–water partition coefficient (Wildman–Crippen LogP) is -4.77. The van der Waals surface area contributed by atoms with Crippen molar-refractivity contribution in [3.63, 3.8) is 0 Å². The molecule has 0 aromatic rings. The van der Waals surface area contributed by atoms with Gasteiger partial charge in [-0.05, 0) is 40.5 Å². The third-order valence-corrected chi connectivity index (χ3v) is 7.65. The zero-order valence-corrected chi connectivity index (χ0v) is 29.1. The highest BCUT2D eigenvalue weighted by atomic mass is 32.2. The number of amides is 5. The summed E-state index contributed by atoms with van der Waals surface area (Å²) in [5.74, 6) is -3.25. The molecule has 0 unspecified atom stereocenters. The molecule has 19 heteroatoms. The second-order valence-electron chi connectivity index (χ2n) is 12.3. The van der Waals surface area contributed by atoms with Gasteiger partial charge in [0.25, 0.3) is 0 Å². The van der Waals surface area contributed by atoms with Gasteiger partial charge in [-0.2, -0.15) is 11.8 Å². The molecule has 0 saturated carbocycles. The van der Waals surface area contributed by atoms with Crippen LogP contribution in [0, 0.1) is 0 Å². The molecule has 0 fully saturated rings. The Morgan fingerprint density at radius 3 is 1.87 bits per heavy atom. The van der Waals surface area contributed by atoms with Crippen LogP contribution in [0.2, 0.25) is 0 Å². The molecule has 0 spiro atoms. The lowest BCUT2D eigenvalue weighted by atomic mass is 10.1. The van der Waals surface area contributed by atoms with E-state index in [-0.39, 0.29) is 31.1 Å². The molecule has 13 N–H and O–H groups in total. The first kappa shape index (κ1) is 43.5. The molecule has 18 nitrogen and oxygen atoms in total. The van der Waals surface area contributed by atoms with Crippen molar-refractivity contribution in [2.24, 2.45) is 22.2 Å². The minimum absolute atomic E-state index is 0.0726. The molecule has 0 aromatic heterocycles. The Morgan fingerprint density at radius 2 is 1.38 bits per heavy atom. The van der Waals surface area contributed by atoms with Gasteiger partial charge in [0.2, 0.25) is 29.5 Å². The van der Waals surface area contributed by atoms with E-state index >= 15 is 0 Å². The minimum atomic E-state index is -1.54. The average Bonchev–Trinajstić information content (AvgIpc) is 2.95. The lowest BCUT2D eigenvalue weighted by Crippen LogP contribution is -2.61. The van der Waals surface area contributed by atoms with Crippen molar-refractivity contribution in [3.05, 3.63) is 0 Å². The summed E-state index contributed by atoms with van der Waals surface area (Å²) in [5.41, 5.74) is 16.3. The standard InChI is InChI=1S/C28H54N10O8S/c1-15(29)23(42)34-19(9-8-10-32-28(30)31)25(44)37-22(18(4)41)27(46)36-21(14-47-12-11-38(5,6)7)26(45)33-16(2)24(43)35-20(13-39)17(3)40/h13,15-22,40-41H,8-12,14,29H2,1-7H3,(H8-,30,31,32,33,34,35,36,37,42,43,44,45,46)/p+1/t15-,16-,17+,18+,19-,20+,21-,22-/m0/s1. The number of aliphatic hydroxyl groups is 2. The Kier molecular flexibility index (Phi) is 19.8. The molecule has 8 atom stereocenters. The fourth-order valence-corrected chi connectivity index (χ4v) is 4.97. The Morgan fingerprint density at radius 1 is 0.809 bits per heavy atom. The maximum absolute atomic E-state index is 13.4. The number of nitrogens with one attached hydrogen (secondary N) is 5. The molecule has 0 aromatic carbocycles. The van der Waals surface area contributed by atoms with E-state index in [9.17, 15) is 39.0 Å². The monoisotopic (exact) mass is 691 g/mol. The van der Waals surface area contributed by atoms with Crippen molar-refractivity contribution in [1.29, 1.82) is 0 Å². The van der Waals surface area contributed by atoms with Crippen LogP contribution in [0.5, 0.6) is 0 Å². The first-order chi connectivity index (χ1) is 21.7. The van der Waals surface area contributed by atoms with Crippen LogP contribution in [0.4, 0.5) is 0 Å². The van der Waals surface area contributed by atoms with Gasteiger partial charge in [-0.1, -0.05) is 0 Å². The maximum Gasteiger partial charge on any atom is 0.245 e. The van der Waals surface area contributed by atoms with Crippen molar-refractivity contribution in [2.75, 3.05) is 45.7 Å². The zero-order chi connectivity index (χ0) is 36.5. The normalized spacial score (nSPS) is 16.5. The molecule has 0 heterocycles. The molecule has 0 aliphatic heterocycles. The number of rotatable bonds is 22. The number of aldehydes is 1. The maximum atomic E-state index is 13.4. The number of nitrogens with zero attached hydrogens (tertiary/aromatic N) is 2. The van der Waals surface area contributed by atoms with Gasteiger partial charge in [-0.3, -0.25) is 29.0 Å². The molecule has 0 bridgehead atoms. The predicted molar refractivity (Wildman–Crippen MR) is 179 cm³/mol. The second kappa shape index (κ2) is 21.4. The highest BCUT2D eigenvalue weighted by Crippen LogP contribution is 2.08. The lowest BCUT2D eigenvalue weighted by Gasteiger charge is -2.28. The molecule has 0 radical (unpaired) electrons. The summed E-state index contributed by atoms with van der Waals surface area (Å²) in [6.45, 7) is 6.28. The van der Waals surface area contributed by atoms with Crippen LogP contribution in [0.3, 0.4) is 0 Å². The third kappa shape index (κ3) is 18.4. The van der Waals surface area contributed by atoms with E-state index in [0.717, 1.165) is 6.54 Å². The molecule has 0 aliphatic carbocycles. The first-order valence-electron chi connectivity index (χ1n) is 15.2. The van der Waals surface area contributed by atoms with Gasteiger partial charge in [-0.25, -0.2) is 0 Å². The summed E-state index contributed by atoms with van der Waals surface area (Å²) in [4.78, 5) is 79.8. The number of carbonyl (C=O) groups is 6. The van der Waals surface area contributed by atoms with Crippen molar-refractivity contribution < 1.29 is 43.5 Å². The fourth-order valence-electron chi connectivity index (χ4n) is 3.66. The van der Waals surface area contributed by atoms with Crippen molar-refractivity contribution >= 4 is 53.5 Å². The van der Waals surface area contributed by atoms with Crippen LogP contribution < -0.4 is 43.8 Å². The van der Waals surface area contributed by atoms with Crippen LogP contribution >= 0.6 is 11.8 Å². The summed E-state index contributed by atoms with van der Waals surface area (Å²) in [6, 6.07) is -7.18. The van der Waals surface area contributed by atoms with Crippen molar-refractivity contribution in [3.8, 4) is 0 Å². The molecule has 5 amide bonds. The number of aliphatic imine (C=N–C) groups is 1. The fraction of sp³-hybridized carbons (Fsp3) is 0.750. The average molecular weight is 692 g/mol. The number of aliphatic hydroxyl groups excluding tert-OH is 2. The Bertz CT molecular complexity index is 1080. The van der Waals surface area contributed by atoms with Crippen LogP contribution in [0.25, 0.3) is 0 Å². The Balaban J connectivity index is 5.91. The molecule has 0 saturated heterocycles. The molecule has 0 rings (SSSR count). The van der Waals surface area contributed by atoms with Crippen LogP contribution in [0.1, 0.15) is 40.5 Å². The number of nitrogens with two attached hydrogens (primary N) is 3. The van der Waals surface area contributed by atoms with Gasteiger partial charge in [0.05, 0.1) is 45.9 Å². The van der Waals surface area contributed by atoms with E-state index < -0.39 is 78.0 Å². The summed E-state index contributed by atoms with van der Waals surface area (Å²) >= 11 is 1.37. The lowest BCUT2D eigenvalue weighted by molar-refractivity contribution is -0.867. The molecular formula is C28H55N10O8S+. The molecule has 0 aliphatic rings. The van der Waals surface area contributed by atoms with Gasteiger partial charge >= 0.3 is 0 Å². The first-order valence-corrected chi connectivity index (χ1v) is 16.4. The molecule has 270 valence electrons. The van der Waals surface area contributed by atoms with E-state index in [1.54, 1.807) is 0 Å². The number of guanidine groups is 1. The number of hydrogen-bond acceptors (Lipinski definition) is 11. The topological polar surface area (TPSA) is 293 Å². The quantitative estimate of drug-likeness (QED) is 0.0168. The van der Waals surface area contributed by atoms with Crippen LogP contribution in [-0.4, -0.2) is 151 Å². The van der Waals surface area contributed by atoms with E-state index in [1.807, 2.05) is 21.1 Å². The number of thioether (sulfide) groups is 1. The summed E-state index contributed by atoms with van der Waals surface area (Å²) in [6.07, 6.45) is -1.87. The highest BCUT2D eigenvalue weighted by molar-refractivity contribution is 7.99. The van der Waals surface area contributed by atoms with Crippen LogP contribution in [0.15, 0.2) is 4.99 Å². The van der Waals surface area contributed by atoms with E-state index in [4.69, 9.17) is 17.2 Å². The van der Waals surface area contributed by atoms with Gasteiger partial charge in [-0.15, -0.1) is 0 Å². The highest BCUT2D eigenvalue weighted by Gasteiger charge is 2.33. The number of carbonyl (C=O) groups excluding carboxylic acids is 6. The van der Waals surface area contributed by atoms with E-state index in [0.29, 0.717) is 16.5 Å². The zero-order valence-electron chi connectivity index (χ0n) is 28.3. The van der Waals surface area contributed by atoms with Gasteiger partial charge < -0.3 is 63.3 Å². The van der Waals surface area contributed by atoms with Gasteiger partial charge in [0.1, 0.15) is 36.5 Å². The molecule has 47 heavy (non-hydrogen) atoms. The number of quaternary nitrogens is 1. The SMILES string of the molecule is C[C@H](N)C(=O)N[C@@H](CCCN=C(N)N)C(=O)N[C@H](C(=O)N[C@@H](CSCC[N+](C)(C)C)C(=O)N[C@@H](C)C(=O)N[C@H](C=O)[C@@H](C)O)[C@@H](C)O. The smallest absolute Gasteiger partial charge is 0.245 e. The summed E-state index contributed by atoms with van der Waals surface area (Å²) < 4.78 is 0.650. The minimum Gasteiger partial charge on any atom is -0.391 e. The number of hydrogen-bond donors (Lipinski definition) is 10. The third-order valence-electron chi connectivity index (χ3n) is 6.61. The Labute approximate surface area is 280 Å². The van der Waals surface area contributed by atoms with E-state index in [1.165, 1.54) is 39.5 Å². The largest absolute Gasteiger partial charge is 0.391 e. The van der Waals surface area contributed by atoms with Crippen LogP contribution in [-0.2, 0) is 28.8 Å². The van der Waals surface area contributed by atoms with Gasteiger partial charge in [0, 0.05) is 18.1 Å². The van der Waals surface area contributed by atoms with E-state index in [2.05, 4.69) is 31.6 Å². The van der Waals surface area contributed by atoms with Gasteiger partial charge in [0.15, 0.2) is 5.96 Å². The van der Waals surface area contributed by atoms with Crippen molar-refractivity contribution in [1.82, 2.24) is 26.6 Å². The molecular weight excluding hydrogens is 636 g/mol. The Hall–Kier alpha value is -3.52. The summed E-state index contributed by atoms with van der Waals surface area (Å²) in [7, 11) is 5.98. The van der Waals surface area contributed by atoms with Crippen molar-refractivity contribution in [2.45, 2.75) is 89.0 Å². The summed E-state index contributed by atoms with van der Waals surface area (Å²) in [5, 5.41) is 32.4.